The summed E-state index contributed by atoms with van der Waals surface area (Å²) in [6.45, 7) is 5.01. The summed E-state index contributed by atoms with van der Waals surface area (Å²) in [6, 6.07) is 7.89. The molecule has 2 saturated heterocycles. The number of morpholine rings is 1. The van der Waals surface area contributed by atoms with Gasteiger partial charge in [-0.05, 0) is 37.5 Å². The van der Waals surface area contributed by atoms with Crippen LogP contribution >= 0.6 is 0 Å². The number of rotatable bonds is 2. The standard InChI is InChI=1S/C17H22N2O3/c1-13-4-2-5-14(12-13)19-7-3-6-15(17(19)21)16(20)18-8-10-22-11-9-18/h2,4-5,12,15H,3,6-11H2,1H3. The maximum Gasteiger partial charge on any atom is 0.239 e. The van der Waals surface area contributed by atoms with E-state index in [0.717, 1.165) is 17.7 Å². The Bertz CT molecular complexity index is 567. The van der Waals surface area contributed by atoms with Gasteiger partial charge in [-0.25, -0.2) is 0 Å². The summed E-state index contributed by atoms with van der Waals surface area (Å²) < 4.78 is 5.28. The molecule has 1 aromatic carbocycles. The quantitative estimate of drug-likeness (QED) is 0.780. The topological polar surface area (TPSA) is 49.9 Å². The third-order valence-electron chi connectivity index (χ3n) is 4.37. The smallest absolute Gasteiger partial charge is 0.239 e. The number of hydrogen-bond donors (Lipinski definition) is 0. The van der Waals surface area contributed by atoms with Crippen molar-refractivity contribution in [2.75, 3.05) is 37.7 Å². The van der Waals surface area contributed by atoms with Gasteiger partial charge in [-0.1, -0.05) is 12.1 Å². The molecule has 0 N–H and O–H groups in total. The summed E-state index contributed by atoms with van der Waals surface area (Å²) in [7, 11) is 0. The van der Waals surface area contributed by atoms with Gasteiger partial charge in [-0.3, -0.25) is 9.59 Å². The van der Waals surface area contributed by atoms with Gasteiger partial charge in [0.25, 0.3) is 0 Å². The lowest BCUT2D eigenvalue weighted by Crippen LogP contribution is -2.51. The van der Waals surface area contributed by atoms with E-state index in [4.69, 9.17) is 4.74 Å². The largest absolute Gasteiger partial charge is 0.378 e. The number of benzene rings is 1. The number of hydrogen-bond acceptors (Lipinski definition) is 3. The SMILES string of the molecule is Cc1cccc(N2CCCC(C(=O)N3CCOCC3)C2=O)c1. The van der Waals surface area contributed by atoms with Crippen molar-refractivity contribution in [2.24, 2.45) is 5.92 Å². The molecule has 5 heteroatoms. The van der Waals surface area contributed by atoms with Crippen LogP contribution in [0.1, 0.15) is 18.4 Å². The minimum Gasteiger partial charge on any atom is -0.378 e. The van der Waals surface area contributed by atoms with Crippen LogP contribution in [0.15, 0.2) is 24.3 Å². The molecule has 118 valence electrons. The Morgan fingerprint density at radius 3 is 2.73 bits per heavy atom. The molecule has 1 aromatic rings. The van der Waals surface area contributed by atoms with Crippen molar-refractivity contribution in [3.8, 4) is 0 Å². The van der Waals surface area contributed by atoms with Gasteiger partial charge in [0.1, 0.15) is 5.92 Å². The van der Waals surface area contributed by atoms with Crippen LogP contribution in [0.25, 0.3) is 0 Å². The van der Waals surface area contributed by atoms with E-state index in [0.29, 0.717) is 39.3 Å². The third-order valence-corrected chi connectivity index (χ3v) is 4.37. The Morgan fingerprint density at radius 1 is 1.23 bits per heavy atom. The first-order chi connectivity index (χ1) is 10.7. The Morgan fingerprint density at radius 2 is 2.00 bits per heavy atom. The van der Waals surface area contributed by atoms with Gasteiger partial charge in [-0.2, -0.15) is 0 Å². The number of carbonyl (C=O) groups is 2. The number of amides is 2. The molecule has 0 bridgehead atoms. The van der Waals surface area contributed by atoms with Gasteiger partial charge in [0, 0.05) is 25.3 Å². The van der Waals surface area contributed by atoms with Crippen LogP contribution in [-0.2, 0) is 14.3 Å². The van der Waals surface area contributed by atoms with Crippen LogP contribution in [0.2, 0.25) is 0 Å². The molecular formula is C17H22N2O3. The summed E-state index contributed by atoms with van der Waals surface area (Å²) in [4.78, 5) is 28.9. The van der Waals surface area contributed by atoms with E-state index in [1.54, 1.807) is 9.80 Å². The molecule has 0 saturated carbocycles. The zero-order valence-corrected chi connectivity index (χ0v) is 13.0. The molecular weight excluding hydrogens is 280 g/mol. The first-order valence-electron chi connectivity index (χ1n) is 7.91. The van der Waals surface area contributed by atoms with Gasteiger partial charge < -0.3 is 14.5 Å². The summed E-state index contributed by atoms with van der Waals surface area (Å²) in [5.41, 5.74) is 2.01. The van der Waals surface area contributed by atoms with E-state index < -0.39 is 5.92 Å². The number of aryl methyl sites for hydroxylation is 1. The average molecular weight is 302 g/mol. The number of carbonyl (C=O) groups excluding carboxylic acids is 2. The maximum atomic E-state index is 12.8. The molecule has 22 heavy (non-hydrogen) atoms. The molecule has 5 nitrogen and oxygen atoms in total. The number of piperidine rings is 1. The Hall–Kier alpha value is -1.88. The van der Waals surface area contributed by atoms with E-state index >= 15 is 0 Å². The zero-order chi connectivity index (χ0) is 15.5. The molecule has 0 radical (unpaired) electrons. The van der Waals surface area contributed by atoms with Crippen molar-refractivity contribution in [2.45, 2.75) is 19.8 Å². The van der Waals surface area contributed by atoms with Crippen molar-refractivity contribution in [3.05, 3.63) is 29.8 Å². The molecule has 0 aromatic heterocycles. The highest BCUT2D eigenvalue weighted by molar-refractivity contribution is 6.08. The van der Waals surface area contributed by atoms with E-state index in [-0.39, 0.29) is 11.8 Å². The van der Waals surface area contributed by atoms with Gasteiger partial charge in [0.15, 0.2) is 0 Å². The molecule has 0 aliphatic carbocycles. The number of anilines is 1. The zero-order valence-electron chi connectivity index (χ0n) is 13.0. The summed E-state index contributed by atoms with van der Waals surface area (Å²) >= 11 is 0. The van der Waals surface area contributed by atoms with Crippen LogP contribution in [0.5, 0.6) is 0 Å². The number of nitrogens with zero attached hydrogens (tertiary/aromatic N) is 2. The average Bonchev–Trinajstić information content (AvgIpc) is 2.55. The van der Waals surface area contributed by atoms with E-state index in [9.17, 15) is 9.59 Å². The first-order valence-corrected chi connectivity index (χ1v) is 7.91. The van der Waals surface area contributed by atoms with Gasteiger partial charge in [-0.15, -0.1) is 0 Å². The lowest BCUT2D eigenvalue weighted by Gasteiger charge is -2.35. The van der Waals surface area contributed by atoms with E-state index in [2.05, 4.69) is 0 Å². The van der Waals surface area contributed by atoms with Crippen LogP contribution in [0, 0.1) is 12.8 Å². The Kier molecular flexibility index (Phi) is 4.43. The highest BCUT2D eigenvalue weighted by Crippen LogP contribution is 2.26. The lowest BCUT2D eigenvalue weighted by molar-refractivity contribution is -0.145. The summed E-state index contributed by atoms with van der Waals surface area (Å²) in [6.07, 6.45) is 1.51. The lowest BCUT2D eigenvalue weighted by atomic mass is 9.94. The molecule has 2 amide bonds. The predicted molar refractivity (Wildman–Crippen MR) is 83.7 cm³/mol. The van der Waals surface area contributed by atoms with E-state index in [1.807, 2.05) is 31.2 Å². The van der Waals surface area contributed by atoms with Crippen molar-refractivity contribution in [1.82, 2.24) is 4.90 Å². The molecule has 2 heterocycles. The van der Waals surface area contributed by atoms with Gasteiger partial charge in [0.2, 0.25) is 11.8 Å². The second-order valence-corrected chi connectivity index (χ2v) is 5.96. The second-order valence-electron chi connectivity index (χ2n) is 5.96. The van der Waals surface area contributed by atoms with Gasteiger partial charge in [0.05, 0.1) is 13.2 Å². The van der Waals surface area contributed by atoms with Gasteiger partial charge >= 0.3 is 0 Å². The fourth-order valence-electron chi connectivity index (χ4n) is 3.16. The molecule has 2 aliphatic heterocycles. The third kappa shape index (κ3) is 2.99. The predicted octanol–water partition coefficient (Wildman–Crippen LogP) is 1.60. The summed E-state index contributed by atoms with van der Waals surface area (Å²) in [5, 5.41) is 0. The molecule has 2 aliphatic rings. The first kappa shape index (κ1) is 15.0. The highest BCUT2D eigenvalue weighted by atomic mass is 16.5. The number of ether oxygens (including phenoxy) is 1. The minimum absolute atomic E-state index is 0.0364. The monoisotopic (exact) mass is 302 g/mol. The van der Waals surface area contributed by atoms with Crippen LogP contribution in [0.3, 0.4) is 0 Å². The molecule has 2 fully saturated rings. The highest BCUT2D eigenvalue weighted by Gasteiger charge is 2.37. The molecule has 1 unspecified atom stereocenters. The molecule has 3 rings (SSSR count). The van der Waals surface area contributed by atoms with E-state index in [1.165, 1.54) is 0 Å². The Labute approximate surface area is 130 Å². The van der Waals surface area contributed by atoms with Crippen molar-refractivity contribution in [1.29, 1.82) is 0 Å². The molecule has 1 atom stereocenters. The van der Waals surface area contributed by atoms with Crippen molar-refractivity contribution < 1.29 is 14.3 Å². The fraction of sp³-hybridized carbons (Fsp3) is 0.529. The normalized spacial score (nSPS) is 22.8. The summed E-state index contributed by atoms with van der Waals surface area (Å²) in [5.74, 6) is -0.633. The molecule has 0 spiro atoms. The Balaban J connectivity index is 1.76. The second kappa shape index (κ2) is 6.48. The minimum atomic E-state index is -0.535. The van der Waals surface area contributed by atoms with Crippen LogP contribution in [0.4, 0.5) is 5.69 Å². The maximum absolute atomic E-state index is 12.8. The van der Waals surface area contributed by atoms with Crippen LogP contribution < -0.4 is 4.90 Å². The van der Waals surface area contributed by atoms with Crippen molar-refractivity contribution >= 4 is 17.5 Å². The fourth-order valence-corrected chi connectivity index (χ4v) is 3.16. The van der Waals surface area contributed by atoms with Crippen molar-refractivity contribution in [3.63, 3.8) is 0 Å². The van der Waals surface area contributed by atoms with Crippen LogP contribution in [-0.4, -0.2) is 49.6 Å².